The maximum absolute atomic E-state index is 12.8. The highest BCUT2D eigenvalue weighted by molar-refractivity contribution is 6.04. The molecule has 1 fully saturated rings. The summed E-state index contributed by atoms with van der Waals surface area (Å²) in [5.74, 6) is 0.518. The highest BCUT2D eigenvalue weighted by Gasteiger charge is 2.22. The minimum atomic E-state index is -0.158. The van der Waals surface area contributed by atoms with Gasteiger partial charge in [-0.25, -0.2) is 0 Å². The van der Waals surface area contributed by atoms with Gasteiger partial charge < -0.3 is 10.6 Å². The molecule has 1 heterocycles. The molecule has 2 aromatic rings. The van der Waals surface area contributed by atoms with Crippen molar-refractivity contribution in [3.05, 3.63) is 53.3 Å². The Labute approximate surface area is 150 Å². The molecule has 4 heteroatoms. The first-order valence-electron chi connectivity index (χ1n) is 9.12. The topological polar surface area (TPSA) is 54.0 Å². The van der Waals surface area contributed by atoms with Crippen LogP contribution < -0.4 is 10.6 Å². The van der Waals surface area contributed by atoms with Crippen LogP contribution in [0.15, 0.2) is 36.5 Å². The lowest BCUT2D eigenvalue weighted by Gasteiger charge is -2.20. The molecule has 1 saturated carbocycles. The Morgan fingerprint density at radius 2 is 1.72 bits per heavy atom. The van der Waals surface area contributed by atoms with Crippen LogP contribution in [0.25, 0.3) is 0 Å². The Morgan fingerprint density at radius 1 is 1.08 bits per heavy atom. The van der Waals surface area contributed by atoms with E-state index >= 15 is 0 Å². The van der Waals surface area contributed by atoms with Gasteiger partial charge in [0.15, 0.2) is 0 Å². The maximum Gasteiger partial charge on any atom is 0.274 e. The lowest BCUT2D eigenvalue weighted by atomic mass is 9.92. The van der Waals surface area contributed by atoms with E-state index in [4.69, 9.17) is 0 Å². The third-order valence-electron chi connectivity index (χ3n) is 4.55. The van der Waals surface area contributed by atoms with E-state index < -0.39 is 0 Å². The number of benzene rings is 1. The van der Waals surface area contributed by atoms with Crippen molar-refractivity contribution in [2.75, 3.05) is 10.6 Å². The van der Waals surface area contributed by atoms with Gasteiger partial charge in [0.2, 0.25) is 0 Å². The summed E-state index contributed by atoms with van der Waals surface area (Å²) in [4.78, 5) is 17.1. The molecular formula is C21H27N3O. The minimum Gasteiger partial charge on any atom is -0.382 e. The van der Waals surface area contributed by atoms with Crippen molar-refractivity contribution < 1.29 is 4.79 Å². The molecule has 0 unspecified atom stereocenters. The summed E-state index contributed by atoms with van der Waals surface area (Å²) in [6.45, 7) is 8.59. The predicted octanol–water partition coefficient (Wildman–Crippen LogP) is 5.16. The SMILES string of the molecule is CC(C)c1cccc(C(C)C)c1NC(=O)c1cc(NC2CC2)ccn1. The van der Waals surface area contributed by atoms with Crippen LogP contribution in [0.3, 0.4) is 0 Å². The third kappa shape index (κ3) is 4.19. The number of pyridine rings is 1. The van der Waals surface area contributed by atoms with Gasteiger partial charge >= 0.3 is 0 Å². The normalized spacial score (nSPS) is 14.0. The van der Waals surface area contributed by atoms with E-state index in [2.05, 4.69) is 61.5 Å². The zero-order valence-electron chi connectivity index (χ0n) is 15.5. The van der Waals surface area contributed by atoms with E-state index in [-0.39, 0.29) is 5.91 Å². The Bertz CT molecular complexity index is 737. The summed E-state index contributed by atoms with van der Waals surface area (Å²) in [5, 5.41) is 6.54. The van der Waals surface area contributed by atoms with Crippen molar-refractivity contribution in [2.24, 2.45) is 0 Å². The summed E-state index contributed by atoms with van der Waals surface area (Å²) in [6.07, 6.45) is 4.09. The van der Waals surface area contributed by atoms with Gasteiger partial charge in [-0.1, -0.05) is 45.9 Å². The zero-order valence-corrected chi connectivity index (χ0v) is 15.5. The number of hydrogen-bond donors (Lipinski definition) is 2. The third-order valence-corrected chi connectivity index (χ3v) is 4.55. The summed E-state index contributed by atoms with van der Waals surface area (Å²) in [5.41, 5.74) is 4.65. The first kappa shape index (κ1) is 17.5. The van der Waals surface area contributed by atoms with Crippen LogP contribution in [0, 0.1) is 0 Å². The minimum absolute atomic E-state index is 0.158. The Balaban J connectivity index is 1.87. The molecule has 1 aliphatic carbocycles. The van der Waals surface area contributed by atoms with E-state index in [9.17, 15) is 4.79 Å². The number of carbonyl (C=O) groups excluding carboxylic acids is 1. The second-order valence-corrected chi connectivity index (χ2v) is 7.42. The van der Waals surface area contributed by atoms with Gasteiger partial charge in [-0.2, -0.15) is 0 Å². The molecule has 1 amide bonds. The molecule has 0 spiro atoms. The van der Waals surface area contributed by atoms with Crippen molar-refractivity contribution in [3.8, 4) is 0 Å². The summed E-state index contributed by atoms with van der Waals surface area (Å²) < 4.78 is 0. The standard InChI is InChI=1S/C21H27N3O/c1-13(2)17-6-5-7-18(14(3)4)20(17)24-21(25)19-12-16(10-11-22-19)23-15-8-9-15/h5-7,10-15H,8-9H2,1-4H3,(H,22,23)(H,24,25). The number of aromatic nitrogens is 1. The van der Waals surface area contributed by atoms with Crippen LogP contribution in [-0.4, -0.2) is 16.9 Å². The fraction of sp³-hybridized carbons (Fsp3) is 0.429. The van der Waals surface area contributed by atoms with E-state index in [0.29, 0.717) is 23.6 Å². The second-order valence-electron chi connectivity index (χ2n) is 7.42. The fourth-order valence-electron chi connectivity index (χ4n) is 2.98. The Morgan fingerprint density at radius 3 is 2.28 bits per heavy atom. The first-order valence-corrected chi connectivity index (χ1v) is 9.12. The molecule has 0 bridgehead atoms. The molecule has 0 aliphatic heterocycles. The number of nitrogens with zero attached hydrogens (tertiary/aromatic N) is 1. The second kappa shape index (κ2) is 7.26. The van der Waals surface area contributed by atoms with Gasteiger partial charge in [0.1, 0.15) is 5.69 Å². The largest absolute Gasteiger partial charge is 0.382 e. The Kier molecular flexibility index (Phi) is 5.07. The van der Waals surface area contributed by atoms with Crippen LogP contribution in [-0.2, 0) is 0 Å². The monoisotopic (exact) mass is 337 g/mol. The van der Waals surface area contributed by atoms with Crippen LogP contribution in [0.5, 0.6) is 0 Å². The van der Waals surface area contributed by atoms with E-state index in [0.717, 1.165) is 22.5 Å². The number of nitrogens with one attached hydrogen (secondary N) is 2. The maximum atomic E-state index is 12.8. The van der Waals surface area contributed by atoms with Crippen LogP contribution in [0.1, 0.15) is 74.0 Å². The van der Waals surface area contributed by atoms with Gasteiger partial charge in [0.05, 0.1) is 0 Å². The number of para-hydroxylation sites is 1. The molecule has 2 N–H and O–H groups in total. The lowest BCUT2D eigenvalue weighted by molar-refractivity contribution is 0.102. The number of carbonyl (C=O) groups is 1. The van der Waals surface area contributed by atoms with Gasteiger partial charge in [0.25, 0.3) is 5.91 Å². The molecule has 1 aliphatic rings. The van der Waals surface area contributed by atoms with Crippen LogP contribution >= 0.6 is 0 Å². The van der Waals surface area contributed by atoms with Crippen molar-refractivity contribution in [1.82, 2.24) is 4.98 Å². The smallest absolute Gasteiger partial charge is 0.274 e. The predicted molar refractivity (Wildman–Crippen MR) is 103 cm³/mol. The van der Waals surface area contributed by atoms with E-state index in [1.165, 1.54) is 12.8 Å². The van der Waals surface area contributed by atoms with Crippen molar-refractivity contribution in [1.29, 1.82) is 0 Å². The molecule has 0 radical (unpaired) electrons. The van der Waals surface area contributed by atoms with E-state index in [1.807, 2.05) is 12.1 Å². The van der Waals surface area contributed by atoms with Gasteiger partial charge in [-0.3, -0.25) is 9.78 Å². The number of rotatable bonds is 6. The molecule has 1 aromatic heterocycles. The van der Waals surface area contributed by atoms with Crippen molar-refractivity contribution in [3.63, 3.8) is 0 Å². The average molecular weight is 337 g/mol. The number of amides is 1. The summed E-state index contributed by atoms with van der Waals surface area (Å²) >= 11 is 0. The molecule has 0 atom stereocenters. The number of anilines is 2. The first-order chi connectivity index (χ1) is 12.0. The Hall–Kier alpha value is -2.36. The van der Waals surface area contributed by atoms with Crippen molar-refractivity contribution in [2.45, 2.75) is 58.4 Å². The van der Waals surface area contributed by atoms with Crippen LogP contribution in [0.2, 0.25) is 0 Å². The molecule has 1 aromatic carbocycles. The fourth-order valence-corrected chi connectivity index (χ4v) is 2.98. The molecule has 132 valence electrons. The molecular weight excluding hydrogens is 310 g/mol. The molecule has 25 heavy (non-hydrogen) atoms. The molecule has 3 rings (SSSR count). The average Bonchev–Trinajstić information content (AvgIpc) is 3.38. The highest BCUT2D eigenvalue weighted by Crippen LogP contribution is 2.32. The van der Waals surface area contributed by atoms with Crippen molar-refractivity contribution >= 4 is 17.3 Å². The quantitative estimate of drug-likeness (QED) is 0.766. The van der Waals surface area contributed by atoms with Gasteiger partial charge in [-0.15, -0.1) is 0 Å². The molecule has 0 saturated heterocycles. The van der Waals surface area contributed by atoms with Crippen LogP contribution in [0.4, 0.5) is 11.4 Å². The number of hydrogen-bond acceptors (Lipinski definition) is 3. The summed E-state index contributed by atoms with van der Waals surface area (Å²) in [7, 11) is 0. The lowest BCUT2D eigenvalue weighted by Crippen LogP contribution is -2.17. The van der Waals surface area contributed by atoms with E-state index in [1.54, 1.807) is 6.20 Å². The molecule has 4 nitrogen and oxygen atoms in total. The zero-order chi connectivity index (χ0) is 18.0. The van der Waals surface area contributed by atoms with Gasteiger partial charge in [0, 0.05) is 23.6 Å². The van der Waals surface area contributed by atoms with Gasteiger partial charge in [-0.05, 0) is 47.9 Å². The highest BCUT2D eigenvalue weighted by atomic mass is 16.1. The summed E-state index contributed by atoms with van der Waals surface area (Å²) in [6, 6.07) is 10.5.